The van der Waals surface area contributed by atoms with Crippen LogP contribution >= 0.6 is 0 Å². The molecule has 2 amide bonds. The van der Waals surface area contributed by atoms with Gasteiger partial charge in [-0.1, -0.05) is 30.3 Å². The highest BCUT2D eigenvalue weighted by Gasteiger charge is 2.01. The van der Waals surface area contributed by atoms with Crippen molar-refractivity contribution < 1.29 is 4.79 Å². The quantitative estimate of drug-likeness (QED) is 0.876. The highest BCUT2D eigenvalue weighted by Crippen LogP contribution is 2.06. The summed E-state index contributed by atoms with van der Waals surface area (Å²) in [5, 5.41) is 5.64. The van der Waals surface area contributed by atoms with Crippen molar-refractivity contribution in [3.63, 3.8) is 0 Å². The fraction of sp³-hybridized carbons (Fsp3) is 0.250. The number of carbonyl (C=O) groups is 1. The smallest absolute Gasteiger partial charge is 0.315 e. The summed E-state index contributed by atoms with van der Waals surface area (Å²) in [4.78, 5) is 15.8. The minimum atomic E-state index is -0.163. The van der Waals surface area contributed by atoms with Crippen molar-refractivity contribution in [3.05, 3.63) is 65.5 Å². The number of amides is 2. The Morgan fingerprint density at radius 2 is 1.90 bits per heavy atom. The second kappa shape index (κ2) is 7.28. The average molecular weight is 269 g/mol. The van der Waals surface area contributed by atoms with Crippen molar-refractivity contribution in [1.29, 1.82) is 0 Å². The molecule has 0 saturated heterocycles. The zero-order valence-corrected chi connectivity index (χ0v) is 11.6. The lowest BCUT2D eigenvalue weighted by molar-refractivity contribution is 0.240. The number of pyridine rings is 1. The van der Waals surface area contributed by atoms with Gasteiger partial charge in [0.1, 0.15) is 0 Å². The van der Waals surface area contributed by atoms with Crippen LogP contribution < -0.4 is 10.6 Å². The van der Waals surface area contributed by atoms with Crippen LogP contribution in [0.4, 0.5) is 4.79 Å². The van der Waals surface area contributed by atoms with E-state index in [9.17, 15) is 4.79 Å². The fourth-order valence-electron chi connectivity index (χ4n) is 1.94. The third-order valence-corrected chi connectivity index (χ3v) is 3.10. The first-order valence-electron chi connectivity index (χ1n) is 6.72. The average Bonchev–Trinajstić information content (AvgIpc) is 2.48. The molecule has 2 N–H and O–H groups in total. The predicted molar refractivity (Wildman–Crippen MR) is 79.4 cm³/mol. The molecule has 0 aliphatic rings. The summed E-state index contributed by atoms with van der Waals surface area (Å²) in [6.07, 6.45) is 2.55. The first-order valence-corrected chi connectivity index (χ1v) is 6.72. The lowest BCUT2D eigenvalue weighted by Crippen LogP contribution is -2.36. The Hall–Kier alpha value is -2.36. The molecule has 0 saturated carbocycles. The molecule has 2 rings (SSSR count). The number of aromatic nitrogens is 1. The van der Waals surface area contributed by atoms with Gasteiger partial charge in [0.15, 0.2) is 0 Å². The Labute approximate surface area is 119 Å². The number of benzene rings is 1. The minimum Gasteiger partial charge on any atom is -0.338 e. The first kappa shape index (κ1) is 14.1. The molecule has 1 heterocycles. The molecule has 0 radical (unpaired) electrons. The highest BCUT2D eigenvalue weighted by molar-refractivity contribution is 5.73. The Morgan fingerprint density at radius 3 is 2.65 bits per heavy atom. The number of urea groups is 1. The van der Waals surface area contributed by atoms with Gasteiger partial charge in [0.2, 0.25) is 0 Å². The summed E-state index contributed by atoms with van der Waals surface area (Å²) < 4.78 is 0. The number of hydrogen-bond donors (Lipinski definition) is 2. The molecule has 4 heteroatoms. The number of hydrogen-bond acceptors (Lipinski definition) is 2. The minimum absolute atomic E-state index is 0.163. The molecule has 1 aromatic heterocycles. The Kier molecular flexibility index (Phi) is 5.12. The van der Waals surface area contributed by atoms with E-state index >= 15 is 0 Å². The maximum Gasteiger partial charge on any atom is 0.315 e. The SMILES string of the molecule is Cc1ccccc1CCNC(=O)NCc1ccccn1. The highest BCUT2D eigenvalue weighted by atomic mass is 16.2. The van der Waals surface area contributed by atoms with Gasteiger partial charge in [-0.25, -0.2) is 4.79 Å². The largest absolute Gasteiger partial charge is 0.338 e. The van der Waals surface area contributed by atoms with Crippen LogP contribution in [0.25, 0.3) is 0 Å². The maximum absolute atomic E-state index is 11.6. The van der Waals surface area contributed by atoms with E-state index in [-0.39, 0.29) is 6.03 Å². The first-order chi connectivity index (χ1) is 9.75. The molecular formula is C16H19N3O. The molecule has 0 spiro atoms. The Balaban J connectivity index is 1.69. The van der Waals surface area contributed by atoms with Gasteiger partial charge in [0.05, 0.1) is 12.2 Å². The summed E-state index contributed by atoms with van der Waals surface area (Å²) >= 11 is 0. The van der Waals surface area contributed by atoms with Crippen LogP contribution in [0, 0.1) is 6.92 Å². The van der Waals surface area contributed by atoms with E-state index in [1.807, 2.05) is 30.3 Å². The number of rotatable bonds is 5. The third-order valence-electron chi connectivity index (χ3n) is 3.10. The molecule has 104 valence electrons. The van der Waals surface area contributed by atoms with Gasteiger partial charge in [-0.05, 0) is 36.6 Å². The molecule has 0 aliphatic heterocycles. The van der Waals surface area contributed by atoms with Gasteiger partial charge >= 0.3 is 6.03 Å². The van der Waals surface area contributed by atoms with Crippen LogP contribution in [0.1, 0.15) is 16.8 Å². The van der Waals surface area contributed by atoms with Crippen molar-refractivity contribution in [2.24, 2.45) is 0 Å². The predicted octanol–water partition coefficient (Wildman–Crippen LogP) is 2.43. The van der Waals surface area contributed by atoms with E-state index < -0.39 is 0 Å². The lowest BCUT2D eigenvalue weighted by atomic mass is 10.1. The number of aryl methyl sites for hydroxylation is 1. The van der Waals surface area contributed by atoms with E-state index in [0.29, 0.717) is 13.1 Å². The van der Waals surface area contributed by atoms with Crippen molar-refractivity contribution in [1.82, 2.24) is 15.6 Å². The number of carbonyl (C=O) groups excluding carboxylic acids is 1. The van der Waals surface area contributed by atoms with Gasteiger partial charge in [-0.15, -0.1) is 0 Å². The monoisotopic (exact) mass is 269 g/mol. The molecular weight excluding hydrogens is 250 g/mol. The molecule has 2 aromatic rings. The van der Waals surface area contributed by atoms with Gasteiger partial charge < -0.3 is 10.6 Å². The van der Waals surface area contributed by atoms with E-state index in [2.05, 4.69) is 34.7 Å². The van der Waals surface area contributed by atoms with Gasteiger partial charge in [0, 0.05) is 12.7 Å². The normalized spacial score (nSPS) is 10.1. The van der Waals surface area contributed by atoms with Gasteiger partial charge in [-0.3, -0.25) is 4.98 Å². The van der Waals surface area contributed by atoms with Crippen LogP contribution in [0.3, 0.4) is 0 Å². The lowest BCUT2D eigenvalue weighted by Gasteiger charge is -2.08. The molecule has 0 unspecified atom stereocenters. The standard InChI is InChI=1S/C16H19N3O/c1-13-6-2-3-7-14(13)9-11-18-16(20)19-12-15-8-4-5-10-17-15/h2-8,10H,9,11-12H2,1H3,(H2,18,19,20). The van der Waals surface area contributed by atoms with Crippen molar-refractivity contribution in [2.45, 2.75) is 19.9 Å². The zero-order valence-electron chi connectivity index (χ0n) is 11.6. The van der Waals surface area contributed by atoms with Crippen molar-refractivity contribution >= 4 is 6.03 Å². The van der Waals surface area contributed by atoms with Crippen LogP contribution in [0.5, 0.6) is 0 Å². The molecule has 0 atom stereocenters. The second-order valence-corrected chi connectivity index (χ2v) is 4.61. The topological polar surface area (TPSA) is 54.0 Å². The third kappa shape index (κ3) is 4.39. The summed E-state index contributed by atoms with van der Waals surface area (Å²) in [7, 11) is 0. The van der Waals surface area contributed by atoms with Crippen LogP contribution in [0.15, 0.2) is 48.7 Å². The van der Waals surface area contributed by atoms with Crippen LogP contribution in [0.2, 0.25) is 0 Å². The molecule has 20 heavy (non-hydrogen) atoms. The van der Waals surface area contributed by atoms with E-state index in [1.54, 1.807) is 6.20 Å². The van der Waals surface area contributed by atoms with Gasteiger partial charge in [0.25, 0.3) is 0 Å². The summed E-state index contributed by atoms with van der Waals surface area (Å²) in [6.45, 7) is 3.15. The van der Waals surface area contributed by atoms with E-state index in [0.717, 1.165) is 12.1 Å². The summed E-state index contributed by atoms with van der Waals surface area (Å²) in [5.74, 6) is 0. The maximum atomic E-state index is 11.6. The van der Waals surface area contributed by atoms with Crippen molar-refractivity contribution in [3.8, 4) is 0 Å². The van der Waals surface area contributed by atoms with Gasteiger partial charge in [-0.2, -0.15) is 0 Å². The summed E-state index contributed by atoms with van der Waals surface area (Å²) in [5.41, 5.74) is 3.36. The molecule has 0 fully saturated rings. The number of nitrogens with one attached hydrogen (secondary N) is 2. The molecule has 0 aliphatic carbocycles. The summed E-state index contributed by atoms with van der Waals surface area (Å²) in [6, 6.07) is 13.7. The zero-order chi connectivity index (χ0) is 14.2. The second-order valence-electron chi connectivity index (χ2n) is 4.61. The van der Waals surface area contributed by atoms with Crippen LogP contribution in [-0.4, -0.2) is 17.6 Å². The molecule has 0 bridgehead atoms. The van der Waals surface area contributed by atoms with Crippen molar-refractivity contribution in [2.75, 3.05) is 6.54 Å². The molecule has 4 nitrogen and oxygen atoms in total. The Bertz CT molecular complexity index is 555. The molecule has 1 aromatic carbocycles. The van der Waals surface area contributed by atoms with E-state index in [4.69, 9.17) is 0 Å². The number of nitrogens with zero attached hydrogens (tertiary/aromatic N) is 1. The fourth-order valence-corrected chi connectivity index (χ4v) is 1.94. The Morgan fingerprint density at radius 1 is 1.10 bits per heavy atom. The van der Waals surface area contributed by atoms with E-state index in [1.165, 1.54) is 11.1 Å². The van der Waals surface area contributed by atoms with Crippen LogP contribution in [-0.2, 0) is 13.0 Å².